The van der Waals surface area contributed by atoms with E-state index in [-0.39, 0.29) is 27.1 Å². The fourth-order valence-corrected chi connectivity index (χ4v) is 3.80. The number of primary amides is 1. The average molecular weight is 468 g/mol. The molecule has 1 aromatic heterocycles. The molecule has 0 spiro atoms. The SMILES string of the molecule is CC(C(N)=O)N(c1ccc(OC(F)(F)F)cc1)c1nc(N)c(C(=O)c2ccc(F)cc2)s1. The number of nitrogens with two attached hydrogens (primary N) is 2. The largest absolute Gasteiger partial charge is 0.573 e. The van der Waals surface area contributed by atoms with E-state index < -0.39 is 35.7 Å². The van der Waals surface area contributed by atoms with Gasteiger partial charge in [0, 0.05) is 11.3 Å². The van der Waals surface area contributed by atoms with E-state index in [1.54, 1.807) is 0 Å². The third-order valence-corrected chi connectivity index (χ3v) is 5.38. The Kier molecular flexibility index (Phi) is 6.35. The molecule has 0 saturated heterocycles. The molecule has 2 aromatic carbocycles. The molecule has 32 heavy (non-hydrogen) atoms. The maximum absolute atomic E-state index is 13.1. The van der Waals surface area contributed by atoms with Crippen LogP contribution in [-0.2, 0) is 4.79 Å². The van der Waals surface area contributed by atoms with Crippen molar-refractivity contribution in [2.75, 3.05) is 10.6 Å². The van der Waals surface area contributed by atoms with E-state index >= 15 is 0 Å². The van der Waals surface area contributed by atoms with Crippen molar-refractivity contribution in [3.8, 4) is 5.75 Å². The lowest BCUT2D eigenvalue weighted by Crippen LogP contribution is -2.39. The molecule has 0 aliphatic rings. The quantitative estimate of drug-likeness (QED) is 0.400. The van der Waals surface area contributed by atoms with Gasteiger partial charge in [-0.1, -0.05) is 11.3 Å². The number of anilines is 3. The summed E-state index contributed by atoms with van der Waals surface area (Å²) in [7, 11) is 0. The Hall–Kier alpha value is -3.67. The lowest BCUT2D eigenvalue weighted by Gasteiger charge is -2.26. The molecule has 0 radical (unpaired) electrons. The molecule has 168 valence electrons. The fourth-order valence-electron chi connectivity index (χ4n) is 2.75. The Labute approximate surface area is 183 Å². The number of carbonyl (C=O) groups excluding carboxylic acids is 2. The summed E-state index contributed by atoms with van der Waals surface area (Å²) in [4.78, 5) is 30.2. The summed E-state index contributed by atoms with van der Waals surface area (Å²) < 4.78 is 54.2. The summed E-state index contributed by atoms with van der Waals surface area (Å²) in [6.45, 7) is 1.46. The van der Waals surface area contributed by atoms with Crippen molar-refractivity contribution in [3.05, 3.63) is 64.8 Å². The van der Waals surface area contributed by atoms with E-state index in [0.29, 0.717) is 0 Å². The van der Waals surface area contributed by atoms with Crippen LogP contribution < -0.4 is 21.1 Å². The van der Waals surface area contributed by atoms with E-state index in [9.17, 15) is 27.2 Å². The first kappa shape index (κ1) is 23.0. The Bertz CT molecular complexity index is 1130. The summed E-state index contributed by atoms with van der Waals surface area (Å²) >= 11 is 0.857. The van der Waals surface area contributed by atoms with Crippen LogP contribution in [0.3, 0.4) is 0 Å². The number of ketones is 1. The van der Waals surface area contributed by atoms with Gasteiger partial charge < -0.3 is 21.1 Å². The molecule has 1 unspecified atom stereocenters. The molecule has 4 N–H and O–H groups in total. The van der Waals surface area contributed by atoms with Gasteiger partial charge in [-0.15, -0.1) is 13.2 Å². The highest BCUT2D eigenvalue weighted by Gasteiger charge is 2.32. The standard InChI is InChI=1S/C20H16F4N4O3S/c1-10(18(26)30)28(13-6-8-14(9-7-13)31-20(22,23)24)19-27-17(25)16(32-19)15(29)11-2-4-12(21)5-3-11/h2-10H,25H2,1H3,(H2,26,30). The molecule has 7 nitrogen and oxygen atoms in total. The molecule has 12 heteroatoms. The molecular formula is C20H16F4N4O3S. The Balaban J connectivity index is 1.98. The van der Waals surface area contributed by atoms with Gasteiger partial charge in [0.05, 0.1) is 0 Å². The smallest absolute Gasteiger partial charge is 0.406 e. The summed E-state index contributed by atoms with van der Waals surface area (Å²) in [6.07, 6.45) is -4.86. The molecular weight excluding hydrogens is 452 g/mol. The normalized spacial score (nSPS) is 12.3. The Morgan fingerprint density at radius 1 is 1.09 bits per heavy atom. The second-order valence-electron chi connectivity index (χ2n) is 6.54. The Morgan fingerprint density at radius 2 is 1.69 bits per heavy atom. The minimum atomic E-state index is -4.86. The summed E-state index contributed by atoms with van der Waals surface area (Å²) in [5.74, 6) is -2.36. The first-order valence-corrected chi connectivity index (χ1v) is 9.79. The molecule has 1 heterocycles. The number of amides is 1. The van der Waals surface area contributed by atoms with Crippen LogP contribution in [0.5, 0.6) is 5.75 Å². The van der Waals surface area contributed by atoms with E-state index in [2.05, 4.69) is 9.72 Å². The number of thiazole rings is 1. The van der Waals surface area contributed by atoms with Gasteiger partial charge in [0.1, 0.15) is 28.3 Å². The monoisotopic (exact) mass is 468 g/mol. The zero-order valence-corrected chi connectivity index (χ0v) is 17.2. The number of aromatic nitrogens is 1. The predicted molar refractivity (Wildman–Crippen MR) is 110 cm³/mol. The first-order valence-electron chi connectivity index (χ1n) is 8.97. The van der Waals surface area contributed by atoms with Crippen molar-refractivity contribution in [2.24, 2.45) is 5.73 Å². The van der Waals surface area contributed by atoms with Gasteiger partial charge in [0.15, 0.2) is 5.13 Å². The number of hydrogen-bond acceptors (Lipinski definition) is 7. The number of hydrogen-bond donors (Lipinski definition) is 2. The third-order valence-electron chi connectivity index (χ3n) is 4.31. The lowest BCUT2D eigenvalue weighted by molar-refractivity contribution is -0.274. The van der Waals surface area contributed by atoms with Gasteiger partial charge in [-0.05, 0) is 55.5 Å². The van der Waals surface area contributed by atoms with Crippen molar-refractivity contribution in [1.29, 1.82) is 0 Å². The summed E-state index contributed by atoms with van der Waals surface area (Å²) in [6, 6.07) is 8.52. The van der Waals surface area contributed by atoms with Gasteiger partial charge in [-0.25, -0.2) is 9.37 Å². The number of benzene rings is 2. The van der Waals surface area contributed by atoms with Crippen molar-refractivity contribution >= 4 is 39.7 Å². The average Bonchev–Trinajstić information content (AvgIpc) is 3.09. The highest BCUT2D eigenvalue weighted by molar-refractivity contribution is 7.18. The molecule has 3 aromatic rings. The van der Waals surface area contributed by atoms with Gasteiger partial charge >= 0.3 is 6.36 Å². The second kappa shape index (κ2) is 8.83. The van der Waals surface area contributed by atoms with Gasteiger partial charge in [0.2, 0.25) is 11.7 Å². The highest BCUT2D eigenvalue weighted by Crippen LogP contribution is 2.37. The Morgan fingerprint density at radius 3 is 2.22 bits per heavy atom. The number of alkyl halides is 3. The van der Waals surface area contributed by atoms with Crippen molar-refractivity contribution in [2.45, 2.75) is 19.3 Å². The molecule has 0 bridgehead atoms. The van der Waals surface area contributed by atoms with Crippen molar-refractivity contribution in [1.82, 2.24) is 4.98 Å². The van der Waals surface area contributed by atoms with Gasteiger partial charge in [-0.2, -0.15) is 0 Å². The van der Waals surface area contributed by atoms with Crippen LogP contribution in [0.2, 0.25) is 0 Å². The zero-order chi connectivity index (χ0) is 23.6. The maximum atomic E-state index is 13.1. The number of halogens is 4. The minimum absolute atomic E-state index is 0.0466. The van der Waals surface area contributed by atoms with Crippen LogP contribution >= 0.6 is 11.3 Å². The molecule has 0 aliphatic carbocycles. The van der Waals surface area contributed by atoms with Crippen LogP contribution in [0.15, 0.2) is 48.5 Å². The predicted octanol–water partition coefficient (Wildman–Crippen LogP) is 4.01. The molecule has 1 amide bonds. The number of ether oxygens (including phenoxy) is 1. The molecule has 0 saturated carbocycles. The van der Waals surface area contributed by atoms with E-state index in [1.807, 2.05) is 0 Å². The van der Waals surface area contributed by atoms with Crippen molar-refractivity contribution < 1.29 is 31.9 Å². The topological polar surface area (TPSA) is 112 Å². The fraction of sp³-hybridized carbons (Fsp3) is 0.150. The van der Waals surface area contributed by atoms with Crippen molar-refractivity contribution in [3.63, 3.8) is 0 Å². The van der Waals surface area contributed by atoms with Crippen LogP contribution in [0.25, 0.3) is 0 Å². The van der Waals surface area contributed by atoms with E-state index in [4.69, 9.17) is 11.5 Å². The molecule has 0 aliphatic heterocycles. The van der Waals surface area contributed by atoms with E-state index in [0.717, 1.165) is 35.6 Å². The first-order chi connectivity index (χ1) is 15.0. The molecule has 1 atom stereocenters. The van der Waals surface area contributed by atoms with Gasteiger partial charge in [-0.3, -0.25) is 9.59 Å². The number of rotatable bonds is 7. The summed E-state index contributed by atoms with van der Waals surface area (Å²) in [5, 5.41) is 0.115. The van der Waals surface area contributed by atoms with Gasteiger partial charge in [0.25, 0.3) is 0 Å². The molecule has 0 fully saturated rings. The van der Waals surface area contributed by atoms with Crippen LogP contribution in [0, 0.1) is 5.82 Å². The van der Waals surface area contributed by atoms with Crippen LogP contribution in [0.4, 0.5) is 34.2 Å². The maximum Gasteiger partial charge on any atom is 0.573 e. The highest BCUT2D eigenvalue weighted by atomic mass is 32.1. The second-order valence-corrected chi connectivity index (χ2v) is 7.51. The van der Waals surface area contributed by atoms with Crippen LogP contribution in [0.1, 0.15) is 22.2 Å². The number of nitrogens with zero attached hydrogens (tertiary/aromatic N) is 2. The lowest BCUT2D eigenvalue weighted by atomic mass is 10.1. The zero-order valence-electron chi connectivity index (χ0n) is 16.4. The van der Waals surface area contributed by atoms with E-state index in [1.165, 1.54) is 36.1 Å². The number of carbonyl (C=O) groups is 2. The molecule has 3 rings (SSSR count). The number of nitrogen functional groups attached to an aromatic ring is 1. The summed E-state index contributed by atoms with van der Waals surface area (Å²) in [5.41, 5.74) is 11.8. The third kappa shape index (κ3) is 5.14. The minimum Gasteiger partial charge on any atom is -0.406 e. The van der Waals surface area contributed by atoms with Crippen LogP contribution in [-0.4, -0.2) is 29.1 Å².